The molecule has 0 saturated heterocycles. The molecular weight excluding hydrogens is 284 g/mol. The summed E-state index contributed by atoms with van der Waals surface area (Å²) in [7, 11) is 0. The van der Waals surface area contributed by atoms with E-state index in [2.05, 4.69) is 44.2 Å². The number of benzene rings is 1. The molecule has 0 aliphatic heterocycles. The Hall–Kier alpha value is -1.15. The van der Waals surface area contributed by atoms with E-state index in [-0.39, 0.29) is 0 Å². The van der Waals surface area contributed by atoms with Crippen molar-refractivity contribution in [1.82, 2.24) is 0 Å². The van der Waals surface area contributed by atoms with Crippen LogP contribution in [0.15, 0.2) is 30.3 Å². The summed E-state index contributed by atoms with van der Waals surface area (Å²) in [4.78, 5) is 10.9. The lowest BCUT2D eigenvalue weighted by Gasteiger charge is -2.46. The van der Waals surface area contributed by atoms with Gasteiger partial charge in [-0.2, -0.15) is 0 Å². The van der Waals surface area contributed by atoms with Gasteiger partial charge >= 0.3 is 0 Å². The Labute approximate surface area is 140 Å². The summed E-state index contributed by atoms with van der Waals surface area (Å²) in [5, 5.41) is 0. The molecule has 23 heavy (non-hydrogen) atoms. The van der Waals surface area contributed by atoms with Crippen LogP contribution in [-0.2, 0) is 16.1 Å². The molecule has 0 heterocycles. The molecule has 2 heteroatoms. The number of rotatable bonds is 6. The van der Waals surface area contributed by atoms with Crippen LogP contribution < -0.4 is 0 Å². The molecule has 3 rings (SSSR count). The van der Waals surface area contributed by atoms with Gasteiger partial charge in [-0.1, -0.05) is 50.6 Å². The standard InChI is InChI=1S/C21H30O2/c1-16(12-14-22)18-10-11-19-20(9-6-13-21(18,19)2)23-15-17-7-4-3-5-8-17/h3-5,7-8,14,16,18-20H,6,9-13,15H2,1-2H3/t16-,18-,19+,20+,21-/m1/s1. The molecule has 2 aliphatic rings. The summed E-state index contributed by atoms with van der Waals surface area (Å²) >= 11 is 0. The molecule has 0 unspecified atom stereocenters. The van der Waals surface area contributed by atoms with Gasteiger partial charge in [-0.15, -0.1) is 0 Å². The van der Waals surface area contributed by atoms with Gasteiger partial charge in [-0.3, -0.25) is 0 Å². The van der Waals surface area contributed by atoms with Crippen molar-refractivity contribution in [3.8, 4) is 0 Å². The summed E-state index contributed by atoms with van der Waals surface area (Å²) in [5.74, 6) is 1.86. The number of hydrogen-bond acceptors (Lipinski definition) is 2. The van der Waals surface area contributed by atoms with E-state index in [0.29, 0.717) is 35.7 Å². The molecule has 0 N–H and O–H groups in total. The second-order valence-electron chi connectivity index (χ2n) is 7.90. The van der Waals surface area contributed by atoms with Gasteiger partial charge in [0.05, 0.1) is 12.7 Å². The molecule has 1 aromatic carbocycles. The van der Waals surface area contributed by atoms with Crippen LogP contribution in [0.4, 0.5) is 0 Å². The van der Waals surface area contributed by atoms with E-state index in [1.807, 2.05) is 0 Å². The van der Waals surface area contributed by atoms with E-state index < -0.39 is 0 Å². The molecule has 0 spiro atoms. The quantitative estimate of drug-likeness (QED) is 0.690. The van der Waals surface area contributed by atoms with Gasteiger partial charge in [0.2, 0.25) is 0 Å². The predicted octanol–water partition coefficient (Wildman–Crippen LogP) is 5.01. The zero-order valence-corrected chi connectivity index (χ0v) is 14.5. The molecule has 2 fully saturated rings. The van der Waals surface area contributed by atoms with E-state index in [4.69, 9.17) is 4.74 Å². The maximum Gasteiger partial charge on any atom is 0.120 e. The van der Waals surface area contributed by atoms with Crippen molar-refractivity contribution in [2.75, 3.05) is 0 Å². The highest BCUT2D eigenvalue weighted by Crippen LogP contribution is 2.58. The monoisotopic (exact) mass is 314 g/mol. The largest absolute Gasteiger partial charge is 0.373 e. The molecule has 2 nitrogen and oxygen atoms in total. The normalized spacial score (nSPS) is 34.8. The number of carbonyl (C=O) groups excluding carboxylic acids is 1. The molecular formula is C21H30O2. The van der Waals surface area contributed by atoms with Crippen molar-refractivity contribution >= 4 is 6.29 Å². The molecule has 1 aromatic rings. The van der Waals surface area contributed by atoms with Gasteiger partial charge in [0.25, 0.3) is 0 Å². The number of hydrogen-bond donors (Lipinski definition) is 0. The van der Waals surface area contributed by atoms with Crippen LogP contribution in [0.1, 0.15) is 57.9 Å². The fraction of sp³-hybridized carbons (Fsp3) is 0.667. The molecule has 126 valence electrons. The molecule has 5 atom stereocenters. The predicted molar refractivity (Wildman–Crippen MR) is 93.0 cm³/mol. The molecule has 2 aliphatic carbocycles. The summed E-state index contributed by atoms with van der Waals surface area (Å²) in [6, 6.07) is 10.5. The Morgan fingerprint density at radius 2 is 2.04 bits per heavy atom. The Morgan fingerprint density at radius 1 is 1.26 bits per heavy atom. The Morgan fingerprint density at radius 3 is 2.78 bits per heavy atom. The third-order valence-electron chi connectivity index (χ3n) is 6.60. The fourth-order valence-electron chi connectivity index (χ4n) is 5.39. The van der Waals surface area contributed by atoms with Crippen molar-refractivity contribution in [2.45, 2.75) is 65.1 Å². The van der Waals surface area contributed by atoms with Crippen molar-refractivity contribution in [3.05, 3.63) is 35.9 Å². The van der Waals surface area contributed by atoms with Crippen LogP contribution in [0.25, 0.3) is 0 Å². The summed E-state index contributed by atoms with van der Waals surface area (Å²) in [6.45, 7) is 5.46. The highest BCUT2D eigenvalue weighted by molar-refractivity contribution is 5.49. The van der Waals surface area contributed by atoms with Gasteiger partial charge < -0.3 is 9.53 Å². The number of fused-ring (bicyclic) bond motifs is 1. The minimum absolute atomic E-state index is 0.363. The first kappa shape index (κ1) is 16.7. The number of ether oxygens (including phenoxy) is 1. The fourth-order valence-corrected chi connectivity index (χ4v) is 5.39. The number of carbonyl (C=O) groups is 1. The number of aldehydes is 1. The van der Waals surface area contributed by atoms with Gasteiger partial charge in [-0.25, -0.2) is 0 Å². The maximum absolute atomic E-state index is 10.9. The average molecular weight is 314 g/mol. The van der Waals surface area contributed by atoms with E-state index >= 15 is 0 Å². The first-order valence-corrected chi connectivity index (χ1v) is 9.24. The van der Waals surface area contributed by atoms with Crippen LogP contribution in [-0.4, -0.2) is 12.4 Å². The Balaban J connectivity index is 1.67. The lowest BCUT2D eigenvalue weighted by Crippen LogP contribution is -2.42. The smallest absolute Gasteiger partial charge is 0.120 e. The van der Waals surface area contributed by atoms with E-state index in [9.17, 15) is 4.79 Å². The first-order chi connectivity index (χ1) is 11.1. The topological polar surface area (TPSA) is 26.3 Å². The zero-order chi connectivity index (χ0) is 16.3. The van der Waals surface area contributed by atoms with Crippen LogP contribution in [0.3, 0.4) is 0 Å². The van der Waals surface area contributed by atoms with Crippen molar-refractivity contribution in [3.63, 3.8) is 0 Å². The van der Waals surface area contributed by atoms with Crippen molar-refractivity contribution in [1.29, 1.82) is 0 Å². The highest BCUT2D eigenvalue weighted by Gasteiger charge is 2.52. The van der Waals surface area contributed by atoms with Gasteiger partial charge in [-0.05, 0) is 54.4 Å². The van der Waals surface area contributed by atoms with Gasteiger partial charge in [0.15, 0.2) is 0 Å². The molecule has 0 amide bonds. The zero-order valence-electron chi connectivity index (χ0n) is 14.5. The second kappa shape index (κ2) is 7.17. The Kier molecular flexibility index (Phi) is 5.21. The van der Waals surface area contributed by atoms with Crippen LogP contribution in [0, 0.1) is 23.2 Å². The van der Waals surface area contributed by atoms with Crippen molar-refractivity contribution < 1.29 is 9.53 Å². The summed E-state index contributed by atoms with van der Waals surface area (Å²) in [5.41, 5.74) is 1.63. The lowest BCUT2D eigenvalue weighted by molar-refractivity contribution is -0.109. The van der Waals surface area contributed by atoms with Gasteiger partial charge in [0.1, 0.15) is 6.29 Å². The average Bonchev–Trinajstić information content (AvgIpc) is 2.91. The van der Waals surface area contributed by atoms with E-state index in [0.717, 1.165) is 12.9 Å². The van der Waals surface area contributed by atoms with Crippen LogP contribution >= 0.6 is 0 Å². The molecule has 0 aromatic heterocycles. The SMILES string of the molecule is C[C@H](CC=O)[C@H]1CC[C@H]2[C@@H](OCc3ccccc3)CCC[C@]12C. The molecule has 0 bridgehead atoms. The van der Waals surface area contributed by atoms with Crippen LogP contribution in [0.2, 0.25) is 0 Å². The Bertz CT molecular complexity index is 512. The minimum atomic E-state index is 0.363. The minimum Gasteiger partial charge on any atom is -0.373 e. The molecule has 0 radical (unpaired) electrons. The van der Waals surface area contributed by atoms with E-state index in [1.165, 1.54) is 37.7 Å². The van der Waals surface area contributed by atoms with Gasteiger partial charge in [0, 0.05) is 6.42 Å². The second-order valence-corrected chi connectivity index (χ2v) is 7.90. The lowest BCUT2D eigenvalue weighted by atomic mass is 9.61. The van der Waals surface area contributed by atoms with E-state index in [1.54, 1.807) is 0 Å². The third kappa shape index (κ3) is 3.38. The maximum atomic E-state index is 10.9. The molecule has 2 saturated carbocycles. The summed E-state index contributed by atoms with van der Waals surface area (Å²) < 4.78 is 6.37. The first-order valence-electron chi connectivity index (χ1n) is 9.24. The summed E-state index contributed by atoms with van der Waals surface area (Å²) in [6.07, 6.45) is 8.50. The van der Waals surface area contributed by atoms with Crippen molar-refractivity contribution in [2.24, 2.45) is 23.2 Å². The third-order valence-corrected chi connectivity index (χ3v) is 6.60. The highest BCUT2D eigenvalue weighted by atomic mass is 16.5. The van der Waals surface area contributed by atoms with Crippen LogP contribution in [0.5, 0.6) is 0 Å².